The lowest BCUT2D eigenvalue weighted by molar-refractivity contribution is 0.416. The van der Waals surface area contributed by atoms with Crippen molar-refractivity contribution in [1.82, 2.24) is 4.98 Å². The summed E-state index contributed by atoms with van der Waals surface area (Å²) in [5.74, 6) is 0.746. The fourth-order valence-electron chi connectivity index (χ4n) is 2.43. The molecule has 0 spiro atoms. The topological polar surface area (TPSA) is 42.1 Å². The molecule has 0 aliphatic rings. The molecule has 0 atom stereocenters. The van der Waals surface area contributed by atoms with E-state index in [1.807, 2.05) is 49.4 Å². The van der Waals surface area contributed by atoms with Crippen molar-refractivity contribution in [3.63, 3.8) is 0 Å². The summed E-state index contributed by atoms with van der Waals surface area (Å²) in [7, 11) is 1.63. The van der Waals surface area contributed by atoms with E-state index >= 15 is 0 Å². The largest absolute Gasteiger partial charge is 0.496 e. The van der Waals surface area contributed by atoms with Crippen LogP contribution in [0.5, 0.6) is 5.75 Å². The van der Waals surface area contributed by atoms with E-state index in [2.05, 4.69) is 4.98 Å². The molecule has 0 bridgehead atoms. The van der Waals surface area contributed by atoms with E-state index in [0.29, 0.717) is 5.39 Å². The first-order valence-electron chi connectivity index (χ1n) is 6.47. The molecule has 0 saturated carbocycles. The van der Waals surface area contributed by atoms with Crippen molar-refractivity contribution in [2.75, 3.05) is 7.11 Å². The molecule has 1 aromatic heterocycles. The standard InChI is InChI=1S/C17H15NO2/c1-11-6-5-8-13-15(19)10-14(18-17(11)13)12-7-3-4-9-16(12)20-2/h3-10H,1-2H3,(H,18,19). The van der Waals surface area contributed by atoms with Gasteiger partial charge in [0.1, 0.15) is 5.75 Å². The minimum atomic E-state index is 0.0170. The molecule has 20 heavy (non-hydrogen) atoms. The van der Waals surface area contributed by atoms with Gasteiger partial charge in [0.2, 0.25) is 0 Å². The van der Waals surface area contributed by atoms with Gasteiger partial charge in [0.05, 0.1) is 18.3 Å². The fourth-order valence-corrected chi connectivity index (χ4v) is 2.43. The molecular weight excluding hydrogens is 250 g/mol. The number of aromatic nitrogens is 1. The van der Waals surface area contributed by atoms with Crippen LogP contribution in [-0.4, -0.2) is 12.1 Å². The van der Waals surface area contributed by atoms with Gasteiger partial charge in [0.15, 0.2) is 5.43 Å². The maximum absolute atomic E-state index is 12.3. The highest BCUT2D eigenvalue weighted by atomic mass is 16.5. The van der Waals surface area contributed by atoms with Gasteiger partial charge in [0.25, 0.3) is 0 Å². The van der Waals surface area contributed by atoms with E-state index < -0.39 is 0 Å². The zero-order chi connectivity index (χ0) is 14.1. The van der Waals surface area contributed by atoms with Crippen LogP contribution < -0.4 is 10.2 Å². The Balaban J connectivity index is 2.33. The van der Waals surface area contributed by atoms with Gasteiger partial charge in [0, 0.05) is 17.0 Å². The van der Waals surface area contributed by atoms with Crippen molar-refractivity contribution in [3.8, 4) is 17.0 Å². The average molecular weight is 265 g/mol. The first kappa shape index (κ1) is 12.5. The second-order valence-corrected chi connectivity index (χ2v) is 4.75. The van der Waals surface area contributed by atoms with Crippen molar-refractivity contribution in [3.05, 3.63) is 64.3 Å². The van der Waals surface area contributed by atoms with Gasteiger partial charge in [-0.25, -0.2) is 0 Å². The molecular formula is C17H15NO2. The first-order valence-corrected chi connectivity index (χ1v) is 6.47. The quantitative estimate of drug-likeness (QED) is 0.770. The summed E-state index contributed by atoms with van der Waals surface area (Å²) in [6.45, 7) is 1.99. The van der Waals surface area contributed by atoms with Crippen molar-refractivity contribution in [2.45, 2.75) is 6.92 Å². The number of methoxy groups -OCH3 is 1. The Morgan fingerprint density at radius 2 is 1.85 bits per heavy atom. The third-order valence-electron chi connectivity index (χ3n) is 3.47. The number of nitrogens with one attached hydrogen (secondary N) is 1. The number of pyridine rings is 1. The van der Waals surface area contributed by atoms with E-state index in [9.17, 15) is 4.79 Å². The zero-order valence-electron chi connectivity index (χ0n) is 11.4. The molecule has 3 aromatic rings. The molecule has 1 heterocycles. The molecule has 0 fully saturated rings. The van der Waals surface area contributed by atoms with E-state index in [1.54, 1.807) is 13.2 Å². The molecule has 0 aliphatic carbocycles. The fraction of sp³-hybridized carbons (Fsp3) is 0.118. The number of para-hydroxylation sites is 2. The second kappa shape index (κ2) is 4.85. The zero-order valence-corrected chi connectivity index (χ0v) is 11.4. The predicted molar refractivity (Wildman–Crippen MR) is 81.3 cm³/mol. The molecule has 3 rings (SSSR count). The molecule has 0 aliphatic heterocycles. The van der Waals surface area contributed by atoms with Crippen molar-refractivity contribution in [1.29, 1.82) is 0 Å². The Hall–Kier alpha value is -2.55. The van der Waals surface area contributed by atoms with Crippen molar-refractivity contribution >= 4 is 10.9 Å². The highest BCUT2D eigenvalue weighted by Gasteiger charge is 2.09. The lowest BCUT2D eigenvalue weighted by atomic mass is 10.1. The van der Waals surface area contributed by atoms with Crippen molar-refractivity contribution in [2.24, 2.45) is 0 Å². The highest BCUT2D eigenvalue weighted by Crippen LogP contribution is 2.28. The lowest BCUT2D eigenvalue weighted by Gasteiger charge is -2.10. The SMILES string of the molecule is COc1ccccc1-c1cc(=O)c2cccc(C)c2[nH]1. The summed E-state index contributed by atoms with van der Waals surface area (Å²) in [4.78, 5) is 15.6. The van der Waals surface area contributed by atoms with E-state index in [0.717, 1.165) is 28.1 Å². The van der Waals surface area contributed by atoms with E-state index in [4.69, 9.17) is 4.74 Å². The highest BCUT2D eigenvalue weighted by molar-refractivity contribution is 5.84. The minimum Gasteiger partial charge on any atom is -0.496 e. The van der Waals surface area contributed by atoms with Gasteiger partial charge in [-0.3, -0.25) is 4.79 Å². The van der Waals surface area contributed by atoms with Gasteiger partial charge in [-0.2, -0.15) is 0 Å². The number of hydrogen-bond acceptors (Lipinski definition) is 2. The number of rotatable bonds is 2. The van der Waals surface area contributed by atoms with E-state index in [-0.39, 0.29) is 5.43 Å². The Kier molecular flexibility index (Phi) is 3.03. The van der Waals surface area contributed by atoms with Crippen LogP contribution in [0.15, 0.2) is 53.3 Å². The van der Waals surface area contributed by atoms with Gasteiger partial charge in [-0.15, -0.1) is 0 Å². The second-order valence-electron chi connectivity index (χ2n) is 4.75. The molecule has 3 heteroatoms. The number of aromatic amines is 1. The van der Waals surface area contributed by atoms with Crippen LogP contribution >= 0.6 is 0 Å². The van der Waals surface area contributed by atoms with Crippen LogP contribution in [0.3, 0.4) is 0 Å². The lowest BCUT2D eigenvalue weighted by Crippen LogP contribution is -2.04. The first-order chi connectivity index (χ1) is 9.70. The number of H-pyrrole nitrogens is 1. The Morgan fingerprint density at radius 3 is 2.65 bits per heavy atom. The summed E-state index contributed by atoms with van der Waals surface area (Å²) in [6.07, 6.45) is 0. The maximum atomic E-state index is 12.3. The third-order valence-corrected chi connectivity index (χ3v) is 3.47. The smallest absolute Gasteiger partial charge is 0.190 e. The number of hydrogen-bond donors (Lipinski definition) is 1. The summed E-state index contributed by atoms with van der Waals surface area (Å²) >= 11 is 0. The Labute approximate surface area is 116 Å². The van der Waals surface area contributed by atoms with Gasteiger partial charge >= 0.3 is 0 Å². The summed E-state index contributed by atoms with van der Waals surface area (Å²) in [5.41, 5.74) is 3.60. The summed E-state index contributed by atoms with van der Waals surface area (Å²) < 4.78 is 5.36. The third kappa shape index (κ3) is 1.97. The number of fused-ring (bicyclic) bond motifs is 1. The monoisotopic (exact) mass is 265 g/mol. The van der Waals surface area contributed by atoms with Crippen LogP contribution in [0.25, 0.3) is 22.2 Å². The molecule has 0 radical (unpaired) electrons. The molecule has 100 valence electrons. The number of aryl methyl sites for hydroxylation is 1. The minimum absolute atomic E-state index is 0.0170. The van der Waals surface area contributed by atoms with E-state index in [1.165, 1.54) is 0 Å². The van der Waals surface area contributed by atoms with Gasteiger partial charge < -0.3 is 9.72 Å². The average Bonchev–Trinajstić information content (AvgIpc) is 2.48. The Bertz CT molecular complexity index is 834. The van der Waals surface area contributed by atoms with Crippen LogP contribution in [-0.2, 0) is 0 Å². The Morgan fingerprint density at radius 1 is 1.05 bits per heavy atom. The van der Waals surface area contributed by atoms with Crippen LogP contribution in [0, 0.1) is 6.92 Å². The number of benzene rings is 2. The summed E-state index contributed by atoms with van der Waals surface area (Å²) in [6, 6.07) is 15.0. The van der Waals surface area contributed by atoms with Crippen LogP contribution in [0.1, 0.15) is 5.56 Å². The van der Waals surface area contributed by atoms with Crippen LogP contribution in [0.2, 0.25) is 0 Å². The van der Waals surface area contributed by atoms with Gasteiger partial charge in [-0.1, -0.05) is 24.3 Å². The predicted octanol–water partition coefficient (Wildman–Crippen LogP) is 3.51. The molecule has 0 unspecified atom stereocenters. The number of ether oxygens (including phenoxy) is 1. The van der Waals surface area contributed by atoms with Crippen molar-refractivity contribution < 1.29 is 4.74 Å². The molecule has 0 saturated heterocycles. The normalized spacial score (nSPS) is 10.7. The summed E-state index contributed by atoms with van der Waals surface area (Å²) in [5, 5.41) is 0.712. The van der Waals surface area contributed by atoms with Gasteiger partial charge in [-0.05, 0) is 30.7 Å². The maximum Gasteiger partial charge on any atom is 0.190 e. The molecule has 1 N–H and O–H groups in total. The molecule has 2 aromatic carbocycles. The molecule has 0 amide bonds. The van der Waals surface area contributed by atoms with Crippen LogP contribution in [0.4, 0.5) is 0 Å². The molecule has 3 nitrogen and oxygen atoms in total.